The Morgan fingerprint density at radius 2 is 2.24 bits per heavy atom. The van der Waals surface area contributed by atoms with Crippen molar-refractivity contribution in [3.05, 3.63) is 44.3 Å². The summed E-state index contributed by atoms with van der Waals surface area (Å²) in [6.07, 6.45) is 1.20. The molecule has 0 amide bonds. The molecule has 1 atom stereocenters. The Morgan fingerprint density at radius 1 is 1.43 bits per heavy atom. The average molecular weight is 347 g/mol. The van der Waals surface area contributed by atoms with E-state index in [1.165, 1.54) is 0 Å². The normalized spacial score (nSPS) is 12.4. The van der Waals surface area contributed by atoms with Crippen molar-refractivity contribution in [2.75, 3.05) is 13.2 Å². The fraction of sp³-hybridized carbons (Fsp3) is 0.357. The fourth-order valence-electron chi connectivity index (χ4n) is 1.68. The van der Waals surface area contributed by atoms with E-state index in [-0.39, 0.29) is 6.61 Å². The maximum Gasteiger partial charge on any atom is 0.139 e. The molecule has 4 nitrogen and oxygen atoms in total. The van der Waals surface area contributed by atoms with Crippen molar-refractivity contribution in [1.82, 2.24) is 10.3 Å². The van der Waals surface area contributed by atoms with Crippen LogP contribution in [0.25, 0.3) is 0 Å². The number of aryl methyl sites for hydroxylation is 1. The van der Waals surface area contributed by atoms with Crippen LogP contribution in [-0.2, 0) is 6.54 Å². The van der Waals surface area contributed by atoms with Gasteiger partial charge in [0, 0.05) is 35.3 Å². The highest BCUT2D eigenvalue weighted by molar-refractivity contribution is 7.11. The lowest BCUT2D eigenvalue weighted by Gasteiger charge is -2.14. The Balaban J connectivity index is 1.72. The van der Waals surface area contributed by atoms with Gasteiger partial charge >= 0.3 is 0 Å². The Bertz CT molecular complexity index is 592. The molecule has 1 heterocycles. The van der Waals surface area contributed by atoms with Gasteiger partial charge in [0.25, 0.3) is 0 Å². The molecule has 0 fully saturated rings. The van der Waals surface area contributed by atoms with E-state index in [2.05, 4.69) is 10.3 Å². The molecule has 2 N–H and O–H groups in total. The number of nitrogens with zero attached hydrogens (tertiary/aromatic N) is 1. The molecule has 0 saturated heterocycles. The lowest BCUT2D eigenvalue weighted by atomic mass is 10.3. The van der Waals surface area contributed by atoms with Crippen LogP contribution in [0.2, 0.25) is 10.0 Å². The van der Waals surface area contributed by atoms with E-state index in [0.29, 0.717) is 28.9 Å². The van der Waals surface area contributed by atoms with E-state index in [0.717, 1.165) is 9.88 Å². The number of nitrogens with one attached hydrogen (secondary N) is 1. The molecule has 0 radical (unpaired) electrons. The molecule has 0 aliphatic carbocycles. The van der Waals surface area contributed by atoms with Gasteiger partial charge in [0.2, 0.25) is 0 Å². The first-order valence-corrected chi connectivity index (χ1v) is 8.00. The minimum absolute atomic E-state index is 0.148. The summed E-state index contributed by atoms with van der Waals surface area (Å²) in [5.41, 5.74) is 0. The smallest absolute Gasteiger partial charge is 0.139 e. The zero-order valence-electron chi connectivity index (χ0n) is 11.5. The highest BCUT2D eigenvalue weighted by Crippen LogP contribution is 2.27. The molecule has 2 aromatic rings. The molecule has 0 bridgehead atoms. The van der Waals surface area contributed by atoms with Crippen LogP contribution in [0.5, 0.6) is 5.75 Å². The molecule has 21 heavy (non-hydrogen) atoms. The van der Waals surface area contributed by atoms with Gasteiger partial charge in [-0.3, -0.25) is 0 Å². The molecule has 114 valence electrons. The standard InChI is InChI=1S/C14H16Cl2N2O2S/c1-9-18-7-12(21-9)6-17-5-11(19)8-20-14-4-10(15)2-3-13(14)16/h2-4,7,11,17,19H,5-6,8H2,1H3. The number of hydrogen-bond acceptors (Lipinski definition) is 5. The molecular formula is C14H16Cl2N2O2S. The van der Waals surface area contributed by atoms with Crippen molar-refractivity contribution in [2.45, 2.75) is 19.6 Å². The molecule has 7 heteroatoms. The monoisotopic (exact) mass is 346 g/mol. The van der Waals surface area contributed by atoms with Crippen LogP contribution in [0.15, 0.2) is 24.4 Å². The average Bonchev–Trinajstić information content (AvgIpc) is 2.85. The predicted octanol–water partition coefficient (Wildman–Crippen LogP) is 3.29. The van der Waals surface area contributed by atoms with Crippen LogP contribution < -0.4 is 10.1 Å². The van der Waals surface area contributed by atoms with Gasteiger partial charge in [-0.25, -0.2) is 4.98 Å². The lowest BCUT2D eigenvalue weighted by Crippen LogP contribution is -2.31. The zero-order chi connectivity index (χ0) is 15.2. The van der Waals surface area contributed by atoms with Gasteiger partial charge in [-0.05, 0) is 19.1 Å². The van der Waals surface area contributed by atoms with Crippen molar-refractivity contribution in [3.8, 4) is 5.75 Å². The zero-order valence-corrected chi connectivity index (χ0v) is 13.8. The van der Waals surface area contributed by atoms with E-state index in [1.54, 1.807) is 29.5 Å². The van der Waals surface area contributed by atoms with Gasteiger partial charge < -0.3 is 15.2 Å². The van der Waals surface area contributed by atoms with Gasteiger partial charge in [-0.1, -0.05) is 23.2 Å². The van der Waals surface area contributed by atoms with Crippen molar-refractivity contribution >= 4 is 34.5 Å². The summed E-state index contributed by atoms with van der Waals surface area (Å²) in [5, 5.41) is 15.1. The van der Waals surface area contributed by atoms with Gasteiger partial charge in [-0.2, -0.15) is 0 Å². The molecule has 0 spiro atoms. The number of thiazole rings is 1. The van der Waals surface area contributed by atoms with Gasteiger partial charge in [0.15, 0.2) is 0 Å². The second-order valence-electron chi connectivity index (χ2n) is 4.52. The summed E-state index contributed by atoms with van der Waals surface area (Å²) in [5.74, 6) is 0.473. The molecule has 0 aliphatic heterocycles. The third kappa shape index (κ3) is 5.45. The quantitative estimate of drug-likeness (QED) is 0.807. The SMILES string of the molecule is Cc1ncc(CNCC(O)COc2cc(Cl)ccc2Cl)s1. The van der Waals surface area contributed by atoms with Crippen LogP contribution in [-0.4, -0.2) is 29.3 Å². The molecule has 1 aromatic heterocycles. The number of hydrogen-bond donors (Lipinski definition) is 2. The number of aromatic nitrogens is 1. The maximum absolute atomic E-state index is 9.88. The second kappa shape index (κ2) is 7.96. The van der Waals surface area contributed by atoms with Gasteiger partial charge in [0.1, 0.15) is 18.5 Å². The van der Waals surface area contributed by atoms with E-state index in [9.17, 15) is 5.11 Å². The third-order valence-corrected chi connectivity index (χ3v) is 4.13. The first kappa shape index (κ1) is 16.5. The Hall–Kier alpha value is -0.850. The van der Waals surface area contributed by atoms with Gasteiger partial charge in [0.05, 0.1) is 10.0 Å². The second-order valence-corrected chi connectivity index (χ2v) is 6.68. The van der Waals surface area contributed by atoms with E-state index >= 15 is 0 Å². The van der Waals surface area contributed by atoms with Gasteiger partial charge in [-0.15, -0.1) is 11.3 Å². The van der Waals surface area contributed by atoms with E-state index < -0.39 is 6.10 Å². The Morgan fingerprint density at radius 3 is 2.95 bits per heavy atom. The van der Waals surface area contributed by atoms with Crippen LogP contribution in [0, 0.1) is 6.92 Å². The van der Waals surface area contributed by atoms with Crippen molar-refractivity contribution in [2.24, 2.45) is 0 Å². The van der Waals surface area contributed by atoms with Crippen LogP contribution >= 0.6 is 34.5 Å². The number of aliphatic hydroxyl groups excluding tert-OH is 1. The molecule has 0 aliphatic rings. The largest absolute Gasteiger partial charge is 0.489 e. The van der Waals surface area contributed by atoms with Crippen LogP contribution in [0.1, 0.15) is 9.88 Å². The summed E-state index contributed by atoms with van der Waals surface area (Å²) in [4.78, 5) is 5.31. The summed E-state index contributed by atoms with van der Waals surface area (Å²) in [6, 6.07) is 4.98. The van der Waals surface area contributed by atoms with Crippen molar-refractivity contribution < 1.29 is 9.84 Å². The number of halogens is 2. The first-order chi connectivity index (χ1) is 10.0. The summed E-state index contributed by atoms with van der Waals surface area (Å²) in [7, 11) is 0. The van der Waals surface area contributed by atoms with Crippen LogP contribution in [0.4, 0.5) is 0 Å². The number of aliphatic hydroxyl groups is 1. The third-order valence-electron chi connectivity index (χ3n) is 2.67. The Labute approximate surface area is 137 Å². The maximum atomic E-state index is 9.88. The van der Waals surface area contributed by atoms with Crippen LogP contribution in [0.3, 0.4) is 0 Å². The molecule has 0 saturated carbocycles. The van der Waals surface area contributed by atoms with Crippen molar-refractivity contribution in [3.63, 3.8) is 0 Å². The van der Waals surface area contributed by atoms with Crippen molar-refractivity contribution in [1.29, 1.82) is 0 Å². The topological polar surface area (TPSA) is 54.4 Å². The number of ether oxygens (including phenoxy) is 1. The minimum Gasteiger partial charge on any atom is -0.489 e. The number of benzene rings is 1. The fourth-order valence-corrected chi connectivity index (χ4v) is 2.78. The highest BCUT2D eigenvalue weighted by Gasteiger charge is 2.08. The number of rotatable bonds is 7. The first-order valence-electron chi connectivity index (χ1n) is 6.42. The Kier molecular flexibility index (Phi) is 6.26. The summed E-state index contributed by atoms with van der Waals surface area (Å²) < 4.78 is 5.47. The molecular weight excluding hydrogens is 331 g/mol. The predicted molar refractivity (Wildman–Crippen MR) is 86.5 cm³/mol. The summed E-state index contributed by atoms with van der Waals surface area (Å²) >= 11 is 13.5. The molecule has 2 rings (SSSR count). The highest BCUT2D eigenvalue weighted by atomic mass is 35.5. The van der Waals surface area contributed by atoms with E-state index in [1.807, 2.05) is 13.1 Å². The molecule has 1 unspecified atom stereocenters. The van der Waals surface area contributed by atoms with E-state index in [4.69, 9.17) is 27.9 Å². The summed E-state index contributed by atoms with van der Waals surface area (Å²) in [6.45, 7) is 3.22. The lowest BCUT2D eigenvalue weighted by molar-refractivity contribution is 0.106. The molecule has 1 aromatic carbocycles. The minimum atomic E-state index is -0.630.